The lowest BCUT2D eigenvalue weighted by atomic mass is 10.1. The van der Waals surface area contributed by atoms with Crippen LogP contribution in [0.1, 0.15) is 32.8 Å². The number of hydrogen-bond acceptors (Lipinski definition) is 3. The molecule has 5 heteroatoms. The molecule has 0 spiro atoms. The Morgan fingerprint density at radius 3 is 2.65 bits per heavy atom. The zero-order valence-corrected chi connectivity index (χ0v) is 13.5. The summed E-state index contributed by atoms with van der Waals surface area (Å²) in [7, 11) is 0. The van der Waals surface area contributed by atoms with Crippen LogP contribution in [0.4, 0.5) is 5.69 Å². The van der Waals surface area contributed by atoms with E-state index in [1.54, 1.807) is 0 Å². The van der Waals surface area contributed by atoms with Crippen LogP contribution in [-0.4, -0.2) is 28.8 Å². The number of carbonyl (C=O) groups excluding carboxylic acids is 2. The van der Waals surface area contributed by atoms with E-state index < -0.39 is 6.04 Å². The Balaban J connectivity index is 2.19. The molecule has 1 aromatic carbocycles. The van der Waals surface area contributed by atoms with Crippen molar-refractivity contribution in [3.63, 3.8) is 0 Å². The number of anilines is 1. The maximum atomic E-state index is 12.3. The first kappa shape index (κ1) is 15.0. The quantitative estimate of drug-likeness (QED) is 0.858. The highest BCUT2D eigenvalue weighted by molar-refractivity contribution is 9.10. The van der Waals surface area contributed by atoms with E-state index in [1.165, 1.54) is 4.90 Å². The van der Waals surface area contributed by atoms with E-state index in [4.69, 9.17) is 0 Å². The van der Waals surface area contributed by atoms with Gasteiger partial charge in [0.15, 0.2) is 0 Å². The topological polar surface area (TPSA) is 49.4 Å². The molecule has 108 valence electrons. The summed E-state index contributed by atoms with van der Waals surface area (Å²) >= 11 is 3.44. The minimum absolute atomic E-state index is 0.0858. The summed E-state index contributed by atoms with van der Waals surface area (Å²) in [6.45, 7) is 5.78. The number of benzene rings is 1. The summed E-state index contributed by atoms with van der Waals surface area (Å²) in [5, 5.41) is 3.22. The van der Waals surface area contributed by atoms with Gasteiger partial charge in [-0.3, -0.25) is 14.5 Å². The number of likely N-dealkylation sites (tertiary alicyclic amines) is 1. The molecular formula is C15H19BrN2O2. The normalized spacial score (nSPS) is 19.1. The van der Waals surface area contributed by atoms with Crippen LogP contribution in [0.2, 0.25) is 0 Å². The van der Waals surface area contributed by atoms with Gasteiger partial charge in [-0.25, -0.2) is 0 Å². The minimum Gasteiger partial charge on any atom is -0.373 e. The van der Waals surface area contributed by atoms with E-state index in [0.717, 1.165) is 22.1 Å². The van der Waals surface area contributed by atoms with Gasteiger partial charge >= 0.3 is 0 Å². The summed E-state index contributed by atoms with van der Waals surface area (Å²) in [6.07, 6.45) is 1.10. The zero-order chi connectivity index (χ0) is 14.9. The number of halogens is 1. The van der Waals surface area contributed by atoms with Gasteiger partial charge in [-0.05, 0) is 44.0 Å². The van der Waals surface area contributed by atoms with Crippen LogP contribution in [0.5, 0.6) is 0 Å². The van der Waals surface area contributed by atoms with Gasteiger partial charge in [0.2, 0.25) is 5.91 Å². The lowest BCUT2D eigenvalue weighted by molar-refractivity contribution is -0.140. The number of nitrogens with one attached hydrogen (secondary N) is 1. The molecule has 0 bridgehead atoms. The molecular weight excluding hydrogens is 320 g/mol. The number of amides is 2. The molecule has 1 saturated heterocycles. The van der Waals surface area contributed by atoms with E-state index in [0.29, 0.717) is 0 Å². The first-order chi connectivity index (χ1) is 9.43. The SMILES string of the molecule is CCc1cc(Br)ccc1NC1CC(=O)N(C(C)C)C1=O. The molecule has 1 N–H and O–H groups in total. The Morgan fingerprint density at radius 2 is 2.10 bits per heavy atom. The Kier molecular flexibility index (Phi) is 4.48. The van der Waals surface area contributed by atoms with Gasteiger partial charge in [-0.15, -0.1) is 0 Å². The van der Waals surface area contributed by atoms with Crippen molar-refractivity contribution in [2.75, 3.05) is 5.32 Å². The molecule has 1 atom stereocenters. The van der Waals surface area contributed by atoms with Gasteiger partial charge in [0.1, 0.15) is 6.04 Å². The smallest absolute Gasteiger partial charge is 0.252 e. The largest absolute Gasteiger partial charge is 0.373 e. The zero-order valence-electron chi connectivity index (χ0n) is 11.9. The lowest BCUT2D eigenvalue weighted by Gasteiger charge is -2.20. The van der Waals surface area contributed by atoms with Gasteiger partial charge in [0, 0.05) is 16.2 Å². The van der Waals surface area contributed by atoms with Crippen molar-refractivity contribution in [3.8, 4) is 0 Å². The fourth-order valence-corrected chi connectivity index (χ4v) is 2.90. The van der Waals surface area contributed by atoms with Crippen molar-refractivity contribution in [3.05, 3.63) is 28.2 Å². The minimum atomic E-state index is -0.448. The summed E-state index contributed by atoms with van der Waals surface area (Å²) < 4.78 is 1.01. The molecule has 2 rings (SSSR count). The van der Waals surface area contributed by atoms with Crippen molar-refractivity contribution in [2.45, 2.75) is 45.7 Å². The molecule has 20 heavy (non-hydrogen) atoms. The Morgan fingerprint density at radius 1 is 1.40 bits per heavy atom. The third-order valence-electron chi connectivity index (χ3n) is 3.48. The Bertz CT molecular complexity index is 543. The molecule has 0 radical (unpaired) electrons. The molecule has 4 nitrogen and oxygen atoms in total. The third-order valence-corrected chi connectivity index (χ3v) is 3.97. The second-order valence-corrected chi connectivity index (χ2v) is 6.17. The van der Waals surface area contributed by atoms with E-state index in [1.807, 2.05) is 32.0 Å². The van der Waals surface area contributed by atoms with E-state index in [-0.39, 0.29) is 24.3 Å². The van der Waals surface area contributed by atoms with Crippen LogP contribution in [-0.2, 0) is 16.0 Å². The maximum Gasteiger partial charge on any atom is 0.252 e. The molecule has 1 unspecified atom stereocenters. The van der Waals surface area contributed by atoms with Gasteiger partial charge in [0.25, 0.3) is 5.91 Å². The maximum absolute atomic E-state index is 12.3. The Hall–Kier alpha value is -1.36. The van der Waals surface area contributed by atoms with Crippen LogP contribution >= 0.6 is 15.9 Å². The summed E-state index contributed by atoms with van der Waals surface area (Å²) in [5.74, 6) is -0.229. The average Bonchev–Trinajstić information content (AvgIpc) is 2.66. The second-order valence-electron chi connectivity index (χ2n) is 5.25. The van der Waals surface area contributed by atoms with Gasteiger partial charge < -0.3 is 5.32 Å². The molecule has 1 aromatic rings. The standard InChI is InChI=1S/C15H19BrN2O2/c1-4-10-7-11(16)5-6-12(10)17-13-8-14(19)18(9(2)3)15(13)20/h5-7,9,13,17H,4,8H2,1-3H3. The van der Waals surface area contributed by atoms with Crippen LogP contribution in [0.3, 0.4) is 0 Å². The highest BCUT2D eigenvalue weighted by Gasteiger charge is 2.39. The average molecular weight is 339 g/mol. The predicted molar refractivity (Wildman–Crippen MR) is 82.5 cm³/mol. The van der Waals surface area contributed by atoms with Crippen LogP contribution in [0.15, 0.2) is 22.7 Å². The van der Waals surface area contributed by atoms with Gasteiger partial charge in [-0.2, -0.15) is 0 Å². The summed E-state index contributed by atoms with van der Waals surface area (Å²) in [4.78, 5) is 25.5. The first-order valence-corrected chi connectivity index (χ1v) is 7.64. The molecule has 1 aliphatic heterocycles. The van der Waals surface area contributed by atoms with Crippen LogP contribution < -0.4 is 5.32 Å². The fourth-order valence-electron chi connectivity index (χ4n) is 2.49. The first-order valence-electron chi connectivity index (χ1n) is 6.85. The van der Waals surface area contributed by atoms with Gasteiger partial charge in [0.05, 0.1) is 6.42 Å². The summed E-state index contributed by atoms with van der Waals surface area (Å²) in [5.41, 5.74) is 2.05. The van der Waals surface area contributed by atoms with E-state index in [2.05, 4.69) is 28.2 Å². The highest BCUT2D eigenvalue weighted by Crippen LogP contribution is 2.25. The number of imide groups is 1. The molecule has 0 aromatic heterocycles. The molecule has 0 saturated carbocycles. The number of rotatable bonds is 4. The third kappa shape index (κ3) is 2.87. The van der Waals surface area contributed by atoms with Crippen LogP contribution in [0, 0.1) is 0 Å². The molecule has 1 heterocycles. The molecule has 1 fully saturated rings. The highest BCUT2D eigenvalue weighted by atomic mass is 79.9. The molecule has 1 aliphatic rings. The number of carbonyl (C=O) groups is 2. The monoisotopic (exact) mass is 338 g/mol. The fraction of sp³-hybridized carbons (Fsp3) is 0.467. The Labute approximate surface area is 127 Å². The number of nitrogens with zero attached hydrogens (tertiary/aromatic N) is 1. The van der Waals surface area contributed by atoms with Crippen molar-refractivity contribution < 1.29 is 9.59 Å². The number of aryl methyl sites for hydroxylation is 1. The van der Waals surface area contributed by atoms with E-state index in [9.17, 15) is 9.59 Å². The van der Waals surface area contributed by atoms with E-state index >= 15 is 0 Å². The van der Waals surface area contributed by atoms with Gasteiger partial charge in [-0.1, -0.05) is 22.9 Å². The van der Waals surface area contributed by atoms with Crippen molar-refractivity contribution in [1.29, 1.82) is 0 Å². The summed E-state index contributed by atoms with van der Waals surface area (Å²) in [6, 6.07) is 5.37. The molecule has 2 amide bonds. The predicted octanol–water partition coefficient (Wildman–Crippen LogP) is 2.96. The van der Waals surface area contributed by atoms with Crippen molar-refractivity contribution in [2.24, 2.45) is 0 Å². The van der Waals surface area contributed by atoms with Crippen LogP contribution in [0.25, 0.3) is 0 Å². The van der Waals surface area contributed by atoms with Crippen molar-refractivity contribution in [1.82, 2.24) is 4.90 Å². The number of hydrogen-bond donors (Lipinski definition) is 1. The second kappa shape index (κ2) is 5.95. The van der Waals surface area contributed by atoms with Crippen molar-refractivity contribution >= 4 is 33.4 Å². The molecule has 0 aliphatic carbocycles. The lowest BCUT2D eigenvalue weighted by Crippen LogP contribution is -2.39.